The fraction of sp³-hybridized carbons (Fsp3) is 0.500. The number of carbonyl (C=O) groups excluding carboxylic acids is 1. The number of carbonyl (C=O) groups is 1. The van der Waals surface area contributed by atoms with E-state index in [-0.39, 0.29) is 12.5 Å². The largest absolute Gasteiger partial charge is 0.396 e. The molecule has 0 fully saturated rings. The molecule has 0 aliphatic carbocycles. The lowest BCUT2D eigenvalue weighted by atomic mass is 10.2. The fourth-order valence-electron chi connectivity index (χ4n) is 1.46. The molecule has 1 heterocycles. The molecule has 1 rings (SSSR count). The second-order valence-electron chi connectivity index (χ2n) is 3.87. The molecule has 0 unspecified atom stereocenters. The van der Waals surface area contributed by atoms with Crippen LogP contribution in [0.15, 0.2) is 18.3 Å². The minimum Gasteiger partial charge on any atom is -0.396 e. The van der Waals surface area contributed by atoms with Crippen LogP contribution in [-0.4, -0.2) is 41.1 Å². The summed E-state index contributed by atoms with van der Waals surface area (Å²) in [5.41, 5.74) is 0.363. The van der Waals surface area contributed by atoms with Crippen molar-refractivity contribution in [3.05, 3.63) is 29.0 Å². The van der Waals surface area contributed by atoms with E-state index in [2.05, 4.69) is 4.98 Å². The summed E-state index contributed by atoms with van der Waals surface area (Å²) in [6.45, 7) is 0.862. The molecule has 0 bridgehead atoms. The van der Waals surface area contributed by atoms with Gasteiger partial charge in [0.25, 0.3) is 5.91 Å². The van der Waals surface area contributed by atoms with Crippen LogP contribution in [0.5, 0.6) is 0 Å². The van der Waals surface area contributed by atoms with E-state index in [1.165, 1.54) is 6.20 Å². The van der Waals surface area contributed by atoms with Gasteiger partial charge >= 0.3 is 0 Å². The van der Waals surface area contributed by atoms with Gasteiger partial charge in [-0.2, -0.15) is 0 Å². The quantitative estimate of drug-likeness (QED) is 0.792. The van der Waals surface area contributed by atoms with Crippen molar-refractivity contribution in [2.45, 2.75) is 19.3 Å². The molecule has 0 aliphatic rings. The molecule has 0 atom stereocenters. The van der Waals surface area contributed by atoms with Gasteiger partial charge in [0.2, 0.25) is 0 Å². The molecule has 0 spiro atoms. The molecule has 1 N–H and O–H groups in total. The Labute approximate surface area is 106 Å². The van der Waals surface area contributed by atoms with Crippen LogP contribution in [0.1, 0.15) is 29.8 Å². The smallest absolute Gasteiger partial charge is 0.272 e. The normalized spacial score (nSPS) is 10.3. The van der Waals surface area contributed by atoms with Gasteiger partial charge in [0.15, 0.2) is 0 Å². The number of aliphatic hydroxyl groups is 1. The summed E-state index contributed by atoms with van der Waals surface area (Å²) < 4.78 is 0. The predicted octanol–water partition coefficient (Wildman–Crippen LogP) is 1.97. The maximum absolute atomic E-state index is 11.9. The summed E-state index contributed by atoms with van der Waals surface area (Å²) in [7, 11) is 1.74. The van der Waals surface area contributed by atoms with Crippen LogP contribution in [0.25, 0.3) is 0 Å². The summed E-state index contributed by atoms with van der Waals surface area (Å²) in [5.74, 6) is -0.128. The average Bonchev–Trinajstić information content (AvgIpc) is 2.33. The molecule has 1 amide bonds. The van der Waals surface area contributed by atoms with E-state index in [0.717, 1.165) is 19.3 Å². The molecule has 4 nitrogen and oxygen atoms in total. The van der Waals surface area contributed by atoms with E-state index in [1.807, 2.05) is 0 Å². The highest BCUT2D eigenvalue weighted by atomic mass is 35.5. The van der Waals surface area contributed by atoms with Crippen LogP contribution in [0.4, 0.5) is 0 Å². The first-order valence-electron chi connectivity index (χ1n) is 5.63. The standard InChI is InChI=1S/C12H17ClN2O2/c1-15(7-3-2-4-8-16)12(17)11-9-10(13)5-6-14-11/h5-6,9,16H,2-4,7-8H2,1H3. The molecular weight excluding hydrogens is 240 g/mol. The van der Waals surface area contributed by atoms with E-state index in [9.17, 15) is 4.79 Å². The minimum atomic E-state index is -0.128. The van der Waals surface area contributed by atoms with E-state index in [0.29, 0.717) is 17.3 Å². The minimum absolute atomic E-state index is 0.128. The van der Waals surface area contributed by atoms with E-state index < -0.39 is 0 Å². The molecule has 0 radical (unpaired) electrons. The SMILES string of the molecule is CN(CCCCCO)C(=O)c1cc(Cl)ccn1. The Morgan fingerprint density at radius 3 is 2.88 bits per heavy atom. The van der Waals surface area contributed by atoms with Crippen molar-refractivity contribution < 1.29 is 9.90 Å². The number of amides is 1. The second kappa shape index (κ2) is 7.25. The monoisotopic (exact) mass is 256 g/mol. The van der Waals surface area contributed by atoms with E-state index in [1.54, 1.807) is 24.1 Å². The molecule has 94 valence electrons. The Balaban J connectivity index is 2.46. The lowest BCUT2D eigenvalue weighted by Crippen LogP contribution is -2.28. The van der Waals surface area contributed by atoms with Gasteiger partial charge in [-0.05, 0) is 31.4 Å². The zero-order valence-corrected chi connectivity index (χ0v) is 10.7. The Kier molecular flexibility index (Phi) is 5.94. The van der Waals surface area contributed by atoms with Crippen LogP contribution in [0.3, 0.4) is 0 Å². The molecule has 5 heteroatoms. The molecule has 0 saturated carbocycles. The van der Waals surface area contributed by atoms with E-state index in [4.69, 9.17) is 16.7 Å². The molecule has 1 aromatic rings. The maximum Gasteiger partial charge on any atom is 0.272 e. The Morgan fingerprint density at radius 1 is 1.47 bits per heavy atom. The summed E-state index contributed by atoms with van der Waals surface area (Å²) in [6, 6.07) is 3.20. The zero-order valence-electron chi connectivity index (χ0n) is 9.90. The molecule has 0 aromatic carbocycles. The Hall–Kier alpha value is -1.13. The van der Waals surface area contributed by atoms with Crippen molar-refractivity contribution in [1.82, 2.24) is 9.88 Å². The van der Waals surface area contributed by atoms with Gasteiger partial charge in [0, 0.05) is 31.4 Å². The highest BCUT2D eigenvalue weighted by Gasteiger charge is 2.12. The lowest BCUT2D eigenvalue weighted by Gasteiger charge is -2.16. The first kappa shape index (κ1) is 13.9. The zero-order chi connectivity index (χ0) is 12.7. The third-order valence-corrected chi connectivity index (χ3v) is 2.67. The van der Waals surface area contributed by atoms with Crippen molar-refractivity contribution >= 4 is 17.5 Å². The van der Waals surface area contributed by atoms with Gasteiger partial charge < -0.3 is 10.0 Å². The van der Waals surface area contributed by atoms with E-state index >= 15 is 0 Å². The molecule has 1 aromatic heterocycles. The van der Waals surface area contributed by atoms with Gasteiger partial charge in [-0.15, -0.1) is 0 Å². The van der Waals surface area contributed by atoms with Gasteiger partial charge in [0.05, 0.1) is 0 Å². The number of unbranched alkanes of at least 4 members (excludes halogenated alkanes) is 2. The second-order valence-corrected chi connectivity index (χ2v) is 4.31. The van der Waals surface area contributed by atoms with Crippen molar-refractivity contribution in [3.63, 3.8) is 0 Å². The third-order valence-electron chi connectivity index (χ3n) is 2.44. The Bertz CT molecular complexity index is 371. The van der Waals surface area contributed by atoms with Crippen LogP contribution in [-0.2, 0) is 0 Å². The van der Waals surface area contributed by atoms with Crippen LogP contribution in [0, 0.1) is 0 Å². The maximum atomic E-state index is 11.9. The lowest BCUT2D eigenvalue weighted by molar-refractivity contribution is 0.0786. The van der Waals surface area contributed by atoms with Crippen LogP contribution in [0.2, 0.25) is 5.02 Å². The fourth-order valence-corrected chi connectivity index (χ4v) is 1.62. The Morgan fingerprint density at radius 2 is 2.24 bits per heavy atom. The summed E-state index contributed by atoms with van der Waals surface area (Å²) in [5, 5.41) is 9.16. The molecule has 0 saturated heterocycles. The first-order valence-corrected chi connectivity index (χ1v) is 6.01. The van der Waals surface area contributed by atoms with Gasteiger partial charge in [-0.1, -0.05) is 11.6 Å². The highest BCUT2D eigenvalue weighted by Crippen LogP contribution is 2.10. The number of hydrogen-bond acceptors (Lipinski definition) is 3. The number of nitrogens with zero attached hydrogens (tertiary/aromatic N) is 2. The van der Waals surface area contributed by atoms with Gasteiger partial charge in [-0.25, -0.2) is 0 Å². The first-order chi connectivity index (χ1) is 8.15. The molecular formula is C12H17ClN2O2. The molecule has 0 aliphatic heterocycles. The van der Waals surface area contributed by atoms with Crippen LogP contribution < -0.4 is 0 Å². The van der Waals surface area contributed by atoms with Crippen LogP contribution >= 0.6 is 11.6 Å². The van der Waals surface area contributed by atoms with Crippen molar-refractivity contribution in [3.8, 4) is 0 Å². The van der Waals surface area contributed by atoms with Crippen molar-refractivity contribution in [2.75, 3.05) is 20.2 Å². The topological polar surface area (TPSA) is 53.4 Å². The number of pyridine rings is 1. The number of hydrogen-bond donors (Lipinski definition) is 1. The number of aliphatic hydroxyl groups excluding tert-OH is 1. The average molecular weight is 257 g/mol. The third kappa shape index (κ3) is 4.71. The summed E-state index contributed by atoms with van der Waals surface area (Å²) in [6.07, 6.45) is 4.09. The highest BCUT2D eigenvalue weighted by molar-refractivity contribution is 6.30. The summed E-state index contributed by atoms with van der Waals surface area (Å²) in [4.78, 5) is 17.5. The molecule has 17 heavy (non-hydrogen) atoms. The summed E-state index contributed by atoms with van der Waals surface area (Å²) >= 11 is 5.80. The van der Waals surface area contributed by atoms with Gasteiger partial charge in [0.1, 0.15) is 5.69 Å². The predicted molar refractivity (Wildman–Crippen MR) is 67.1 cm³/mol. The number of halogens is 1. The number of rotatable bonds is 6. The number of aromatic nitrogens is 1. The van der Waals surface area contributed by atoms with Gasteiger partial charge in [-0.3, -0.25) is 9.78 Å². The van der Waals surface area contributed by atoms with Crippen molar-refractivity contribution in [1.29, 1.82) is 0 Å². The van der Waals surface area contributed by atoms with Crippen molar-refractivity contribution in [2.24, 2.45) is 0 Å².